The number of aromatic nitrogens is 1. The van der Waals surface area contributed by atoms with E-state index in [1.54, 1.807) is 6.07 Å². The summed E-state index contributed by atoms with van der Waals surface area (Å²) < 4.78 is 0.651. The van der Waals surface area contributed by atoms with Crippen molar-refractivity contribution in [3.63, 3.8) is 0 Å². The van der Waals surface area contributed by atoms with Crippen LogP contribution in [0.4, 0.5) is 0 Å². The molecule has 1 aliphatic rings. The molecule has 12 heavy (non-hydrogen) atoms. The van der Waals surface area contributed by atoms with Gasteiger partial charge in [-0.25, -0.2) is 0 Å². The van der Waals surface area contributed by atoms with Crippen LogP contribution in [0.5, 0.6) is 0 Å². The molecule has 0 atom stereocenters. The largest absolute Gasteiger partial charge is 0.345 e. The molecule has 0 unspecified atom stereocenters. The number of H-pyrrole nitrogens is 1. The molecule has 0 spiro atoms. The molecule has 0 bridgehead atoms. The van der Waals surface area contributed by atoms with E-state index in [9.17, 15) is 9.59 Å². The molecule has 0 radical (unpaired) electrons. The molecule has 2 N–H and O–H groups in total. The Labute approximate surface area is 76.5 Å². The maximum Gasteiger partial charge on any atom is 0.268 e. The van der Waals surface area contributed by atoms with Gasteiger partial charge in [-0.15, -0.1) is 0 Å². The Bertz CT molecular complexity index is 336. The standard InChI is InChI=1S/C7H5BrN2O2/c8-5-1-3-4(11)2-9-7(12)6(3)10-5/h1,10H,2H2,(H,9,12). The summed E-state index contributed by atoms with van der Waals surface area (Å²) in [5.74, 6) is -0.290. The van der Waals surface area contributed by atoms with Crippen LogP contribution in [0, 0.1) is 0 Å². The lowest BCUT2D eigenvalue weighted by molar-refractivity contribution is 0.0874. The Morgan fingerprint density at radius 2 is 2.17 bits per heavy atom. The molecule has 1 aliphatic heterocycles. The van der Waals surface area contributed by atoms with Gasteiger partial charge >= 0.3 is 0 Å². The summed E-state index contributed by atoms with van der Waals surface area (Å²) in [4.78, 5) is 25.1. The molecule has 1 amide bonds. The van der Waals surface area contributed by atoms with E-state index < -0.39 is 0 Å². The quantitative estimate of drug-likeness (QED) is 0.687. The monoisotopic (exact) mass is 228 g/mol. The van der Waals surface area contributed by atoms with E-state index >= 15 is 0 Å². The zero-order valence-corrected chi connectivity index (χ0v) is 7.56. The van der Waals surface area contributed by atoms with Crippen molar-refractivity contribution in [2.75, 3.05) is 6.54 Å². The molecule has 5 heteroatoms. The smallest absolute Gasteiger partial charge is 0.268 e. The summed E-state index contributed by atoms with van der Waals surface area (Å²) in [5.41, 5.74) is 0.809. The van der Waals surface area contributed by atoms with Gasteiger partial charge in [-0.3, -0.25) is 9.59 Å². The maximum atomic E-state index is 11.2. The van der Waals surface area contributed by atoms with Gasteiger partial charge in [0.2, 0.25) is 0 Å². The third-order valence-corrected chi connectivity index (χ3v) is 2.15. The van der Waals surface area contributed by atoms with Gasteiger partial charge in [-0.05, 0) is 22.0 Å². The van der Waals surface area contributed by atoms with Crippen LogP contribution in [-0.2, 0) is 0 Å². The number of carbonyl (C=O) groups is 2. The molecule has 2 heterocycles. The van der Waals surface area contributed by atoms with Crippen LogP contribution in [0.3, 0.4) is 0 Å². The minimum absolute atomic E-state index is 0.0634. The number of fused-ring (bicyclic) bond motifs is 1. The van der Waals surface area contributed by atoms with Gasteiger partial charge in [0, 0.05) is 0 Å². The summed E-state index contributed by atoms with van der Waals surface area (Å²) in [6.45, 7) is 0.0934. The summed E-state index contributed by atoms with van der Waals surface area (Å²) in [5, 5.41) is 2.46. The molecule has 2 rings (SSSR count). The lowest BCUT2D eigenvalue weighted by atomic mass is 10.1. The average molecular weight is 229 g/mol. The molecule has 1 aromatic rings. The number of hydrogen-bond acceptors (Lipinski definition) is 2. The highest BCUT2D eigenvalue weighted by Crippen LogP contribution is 2.18. The molecular formula is C7H5BrN2O2. The maximum absolute atomic E-state index is 11.2. The Morgan fingerprint density at radius 1 is 1.42 bits per heavy atom. The Balaban J connectivity index is 2.61. The topological polar surface area (TPSA) is 62.0 Å². The highest BCUT2D eigenvalue weighted by molar-refractivity contribution is 9.10. The first kappa shape index (κ1) is 7.54. The minimum atomic E-state index is -0.227. The van der Waals surface area contributed by atoms with Gasteiger partial charge in [0.25, 0.3) is 5.91 Å². The number of carbonyl (C=O) groups excluding carboxylic acids is 2. The van der Waals surface area contributed by atoms with Crippen molar-refractivity contribution in [3.8, 4) is 0 Å². The molecule has 1 aromatic heterocycles. The van der Waals surface area contributed by atoms with Crippen LogP contribution in [0.1, 0.15) is 20.8 Å². The SMILES string of the molecule is O=C1CNC(=O)c2[nH]c(Br)cc21. The first-order valence-corrected chi connectivity index (χ1v) is 4.17. The van der Waals surface area contributed by atoms with E-state index in [4.69, 9.17) is 0 Å². The Kier molecular flexibility index (Phi) is 1.54. The number of ketones is 1. The highest BCUT2D eigenvalue weighted by atomic mass is 79.9. The van der Waals surface area contributed by atoms with Crippen molar-refractivity contribution in [2.24, 2.45) is 0 Å². The van der Waals surface area contributed by atoms with Crippen molar-refractivity contribution < 1.29 is 9.59 Å². The molecule has 0 aromatic carbocycles. The Morgan fingerprint density at radius 3 is 2.83 bits per heavy atom. The first-order valence-electron chi connectivity index (χ1n) is 3.38. The van der Waals surface area contributed by atoms with Crippen LogP contribution in [0.15, 0.2) is 10.7 Å². The summed E-state index contributed by atoms with van der Waals surface area (Å²) >= 11 is 3.16. The van der Waals surface area contributed by atoms with Gasteiger partial charge in [0.1, 0.15) is 5.69 Å². The molecule has 4 nitrogen and oxygen atoms in total. The number of rotatable bonds is 0. The van der Waals surface area contributed by atoms with Gasteiger partial charge < -0.3 is 10.3 Å². The fraction of sp³-hybridized carbons (Fsp3) is 0.143. The normalized spacial score (nSPS) is 15.8. The predicted octanol–water partition coefficient (Wildman–Crippen LogP) is 0.703. The van der Waals surface area contributed by atoms with E-state index in [0.717, 1.165) is 0 Å². The summed E-state index contributed by atoms with van der Waals surface area (Å²) in [7, 11) is 0. The van der Waals surface area contributed by atoms with E-state index in [2.05, 4.69) is 26.2 Å². The fourth-order valence-corrected chi connectivity index (χ4v) is 1.59. The average Bonchev–Trinajstić information content (AvgIpc) is 2.41. The van der Waals surface area contributed by atoms with E-state index in [1.165, 1.54) is 0 Å². The number of Topliss-reactive ketones (excluding diaryl/α,β-unsaturated/α-hetero) is 1. The zero-order valence-electron chi connectivity index (χ0n) is 5.98. The Hall–Kier alpha value is -1.10. The van der Waals surface area contributed by atoms with E-state index in [1.807, 2.05) is 0 Å². The molecule has 0 aliphatic carbocycles. The molecule has 0 fully saturated rings. The molecule has 0 saturated heterocycles. The predicted molar refractivity (Wildman–Crippen MR) is 45.2 cm³/mol. The van der Waals surface area contributed by atoms with Crippen LogP contribution >= 0.6 is 15.9 Å². The number of nitrogens with one attached hydrogen (secondary N) is 2. The second-order valence-electron chi connectivity index (χ2n) is 2.51. The zero-order chi connectivity index (χ0) is 8.72. The molecule has 62 valence electrons. The summed E-state index contributed by atoms with van der Waals surface area (Å²) in [6.07, 6.45) is 0. The van der Waals surface area contributed by atoms with E-state index in [0.29, 0.717) is 15.9 Å². The van der Waals surface area contributed by atoms with Crippen LogP contribution in [-0.4, -0.2) is 23.2 Å². The van der Waals surface area contributed by atoms with Crippen molar-refractivity contribution in [3.05, 3.63) is 21.9 Å². The fourth-order valence-electron chi connectivity index (χ4n) is 1.16. The van der Waals surface area contributed by atoms with Gasteiger partial charge in [0.05, 0.1) is 16.7 Å². The van der Waals surface area contributed by atoms with Gasteiger partial charge in [-0.2, -0.15) is 0 Å². The molecule has 0 saturated carbocycles. The van der Waals surface area contributed by atoms with E-state index in [-0.39, 0.29) is 18.2 Å². The van der Waals surface area contributed by atoms with Crippen LogP contribution < -0.4 is 5.32 Å². The number of hydrogen-bond donors (Lipinski definition) is 2. The van der Waals surface area contributed by atoms with Crippen LogP contribution in [0.25, 0.3) is 0 Å². The van der Waals surface area contributed by atoms with Crippen molar-refractivity contribution in [1.29, 1.82) is 0 Å². The van der Waals surface area contributed by atoms with Gasteiger partial charge in [-0.1, -0.05) is 0 Å². The third kappa shape index (κ3) is 0.972. The second-order valence-corrected chi connectivity index (χ2v) is 3.37. The summed E-state index contributed by atoms with van der Waals surface area (Å²) in [6, 6.07) is 1.62. The van der Waals surface area contributed by atoms with Crippen LogP contribution in [0.2, 0.25) is 0 Å². The lowest BCUT2D eigenvalue weighted by Gasteiger charge is -2.09. The number of aromatic amines is 1. The highest BCUT2D eigenvalue weighted by Gasteiger charge is 2.24. The van der Waals surface area contributed by atoms with Crippen molar-refractivity contribution in [2.45, 2.75) is 0 Å². The van der Waals surface area contributed by atoms with Crippen molar-refractivity contribution >= 4 is 27.6 Å². The van der Waals surface area contributed by atoms with Crippen molar-refractivity contribution in [1.82, 2.24) is 10.3 Å². The number of halogens is 1. The second kappa shape index (κ2) is 2.45. The molecular weight excluding hydrogens is 224 g/mol. The lowest BCUT2D eigenvalue weighted by Crippen LogP contribution is -2.36. The first-order chi connectivity index (χ1) is 5.68. The minimum Gasteiger partial charge on any atom is -0.345 e. The number of amides is 1. The van der Waals surface area contributed by atoms with Gasteiger partial charge in [0.15, 0.2) is 5.78 Å². The third-order valence-electron chi connectivity index (χ3n) is 1.72.